The normalized spacial score (nSPS) is 19.0. The second kappa shape index (κ2) is 12.8. The first kappa shape index (κ1) is 31.2. The number of halogens is 1. The highest BCUT2D eigenvalue weighted by Crippen LogP contribution is 2.40. The first-order valence-corrected chi connectivity index (χ1v) is 15.3. The molecule has 0 aromatic carbocycles. The fraction of sp³-hybridized carbons (Fsp3) is 0.360. The first-order valence-electron chi connectivity index (χ1n) is 13.1. The van der Waals surface area contributed by atoms with Crippen LogP contribution in [-0.2, 0) is 37.1 Å². The fourth-order valence-electron chi connectivity index (χ4n) is 4.68. The summed E-state index contributed by atoms with van der Waals surface area (Å²) in [5.74, 6) is -3.91. The van der Waals surface area contributed by atoms with Gasteiger partial charge in [0.05, 0.1) is 6.54 Å². The van der Waals surface area contributed by atoms with Crippen molar-refractivity contribution in [1.82, 2.24) is 30.3 Å². The second-order valence-corrected chi connectivity index (χ2v) is 12.4. The molecule has 0 bridgehead atoms. The molecule has 3 atom stereocenters. The molecule has 0 radical (unpaired) electrons. The number of amides is 2. The highest BCUT2D eigenvalue weighted by molar-refractivity contribution is 8.00. The van der Waals surface area contributed by atoms with Crippen molar-refractivity contribution in [3.05, 3.63) is 45.8 Å². The van der Waals surface area contributed by atoms with Crippen molar-refractivity contribution in [2.75, 3.05) is 25.1 Å². The SMILES string of the molecule is CNCCn1ncc2c1ccc[n+]2CC1=C(C(=O)O)N2C(=O)C(NC(=O)/C(=N\O[C@@H](C)C(=O)O)c3nc(N)sc3Cl)C2SC1. The molecule has 3 aromatic heterocycles. The third-order valence-corrected chi connectivity index (χ3v) is 9.28. The van der Waals surface area contributed by atoms with Gasteiger partial charge >= 0.3 is 11.9 Å². The molecular formula is C25H27ClN9O7S2+. The molecule has 0 spiro atoms. The predicted molar refractivity (Wildman–Crippen MR) is 160 cm³/mol. The van der Waals surface area contributed by atoms with Gasteiger partial charge in [-0.3, -0.25) is 19.2 Å². The smallest absolute Gasteiger partial charge is 0.352 e. The van der Waals surface area contributed by atoms with E-state index < -0.39 is 47.0 Å². The number of thiazole rings is 1. The van der Waals surface area contributed by atoms with E-state index in [4.69, 9.17) is 27.3 Å². The third kappa shape index (κ3) is 5.92. The van der Waals surface area contributed by atoms with Crippen LogP contribution in [0.25, 0.3) is 11.0 Å². The van der Waals surface area contributed by atoms with E-state index in [1.54, 1.807) is 6.20 Å². The number of pyridine rings is 1. The molecule has 0 aliphatic carbocycles. The Morgan fingerprint density at radius 1 is 1.36 bits per heavy atom. The van der Waals surface area contributed by atoms with E-state index in [9.17, 15) is 24.3 Å². The summed E-state index contributed by atoms with van der Waals surface area (Å²) >= 11 is 8.32. The molecule has 0 saturated carbocycles. The van der Waals surface area contributed by atoms with Crippen LogP contribution in [0.3, 0.4) is 0 Å². The molecule has 2 aliphatic rings. The first-order chi connectivity index (χ1) is 21.0. The number of nitrogens with zero attached hydrogens (tertiary/aromatic N) is 6. The maximum absolute atomic E-state index is 13.3. The lowest BCUT2D eigenvalue weighted by Crippen LogP contribution is -2.71. The Hall–Kier alpha value is -4.26. The molecule has 1 fully saturated rings. The largest absolute Gasteiger partial charge is 0.478 e. The van der Waals surface area contributed by atoms with Crippen LogP contribution in [0.4, 0.5) is 5.13 Å². The maximum atomic E-state index is 13.3. The summed E-state index contributed by atoms with van der Waals surface area (Å²) in [5, 5.41) is 32.3. The van der Waals surface area contributed by atoms with E-state index in [-0.39, 0.29) is 33.2 Å². The standard InChI is InChI=1S/C25H26ClN9O7S2/c1-11(23(38)39)42-32-16(15-19(26)44-25(27)31-15)20(36)30-17-21(37)35-18(24(40)41)12(10-43-22(17)35)9-33-6-3-4-13-14(33)8-29-34(13)7-5-28-2/h3-4,6,8,11,17,22,28H,5,7,9-10H2,1-2H3,(H4-,27,30,31,36,38,39,40,41)/p+1/b32-16-/t11-,17?,22?/m0/s1. The highest BCUT2D eigenvalue weighted by Gasteiger charge is 2.55. The third-order valence-electron chi connectivity index (χ3n) is 6.85. The van der Waals surface area contributed by atoms with Crippen LogP contribution in [0.15, 0.2) is 41.0 Å². The molecule has 232 valence electrons. The van der Waals surface area contributed by atoms with Crippen molar-refractivity contribution in [3.63, 3.8) is 0 Å². The number of β-lactam (4-membered cyclic amide) rings is 1. The van der Waals surface area contributed by atoms with Gasteiger partial charge in [-0.05, 0) is 20.0 Å². The van der Waals surface area contributed by atoms with Gasteiger partial charge in [0.1, 0.15) is 38.9 Å². The van der Waals surface area contributed by atoms with Crippen molar-refractivity contribution in [3.8, 4) is 0 Å². The van der Waals surface area contributed by atoms with E-state index in [1.807, 2.05) is 34.6 Å². The Bertz CT molecular complexity index is 1720. The van der Waals surface area contributed by atoms with Gasteiger partial charge in [-0.15, -0.1) is 11.8 Å². The average molecular weight is 665 g/mol. The van der Waals surface area contributed by atoms with Gasteiger partial charge in [-0.2, -0.15) is 9.67 Å². The number of fused-ring (bicyclic) bond motifs is 2. The Morgan fingerprint density at radius 2 is 2.14 bits per heavy atom. The second-order valence-electron chi connectivity index (χ2n) is 9.70. The van der Waals surface area contributed by atoms with E-state index in [1.165, 1.54) is 18.7 Å². The van der Waals surface area contributed by atoms with Crippen LogP contribution in [0, 0.1) is 0 Å². The number of aromatic nitrogens is 4. The van der Waals surface area contributed by atoms with Gasteiger partial charge in [-0.1, -0.05) is 28.1 Å². The van der Waals surface area contributed by atoms with E-state index >= 15 is 0 Å². The minimum atomic E-state index is -1.41. The van der Waals surface area contributed by atoms with Crippen LogP contribution in [0.5, 0.6) is 0 Å². The summed E-state index contributed by atoms with van der Waals surface area (Å²) in [4.78, 5) is 60.3. The number of likely N-dealkylation sites (N-methyl/N-ethyl adjacent to an activating group) is 1. The van der Waals surface area contributed by atoms with Gasteiger partial charge in [0.25, 0.3) is 17.3 Å². The molecule has 44 heavy (non-hydrogen) atoms. The highest BCUT2D eigenvalue weighted by atomic mass is 35.5. The zero-order valence-electron chi connectivity index (χ0n) is 23.3. The molecule has 2 aliphatic heterocycles. The molecule has 16 nitrogen and oxygen atoms in total. The van der Waals surface area contributed by atoms with Crippen molar-refractivity contribution in [2.45, 2.75) is 37.5 Å². The van der Waals surface area contributed by atoms with Crippen LogP contribution in [0.1, 0.15) is 12.6 Å². The van der Waals surface area contributed by atoms with E-state index in [2.05, 4.69) is 25.9 Å². The van der Waals surface area contributed by atoms with Crippen LogP contribution >= 0.6 is 34.7 Å². The molecule has 6 N–H and O–H groups in total. The molecule has 1 saturated heterocycles. The summed E-state index contributed by atoms with van der Waals surface area (Å²) in [6.45, 7) is 2.78. The maximum Gasteiger partial charge on any atom is 0.352 e. The van der Waals surface area contributed by atoms with E-state index in [0.717, 1.165) is 33.8 Å². The monoisotopic (exact) mass is 664 g/mol. The lowest BCUT2D eigenvalue weighted by atomic mass is 10.0. The van der Waals surface area contributed by atoms with Crippen molar-refractivity contribution in [2.24, 2.45) is 5.16 Å². The van der Waals surface area contributed by atoms with Crippen molar-refractivity contribution in [1.29, 1.82) is 0 Å². The van der Waals surface area contributed by atoms with Crippen LogP contribution in [0.2, 0.25) is 4.34 Å². The van der Waals surface area contributed by atoms with Crippen molar-refractivity contribution >= 4 is 80.3 Å². The lowest BCUT2D eigenvalue weighted by molar-refractivity contribution is -0.663. The number of hydrogen-bond donors (Lipinski definition) is 5. The van der Waals surface area contributed by atoms with Gasteiger partial charge in [0.15, 0.2) is 23.6 Å². The quantitative estimate of drug-likeness (QED) is 0.0740. The number of aliphatic carboxylic acids is 2. The number of oxime groups is 1. The number of carbonyl (C=O) groups is 4. The summed E-state index contributed by atoms with van der Waals surface area (Å²) < 4.78 is 3.73. The number of nitrogens with one attached hydrogen (secondary N) is 2. The molecule has 3 aromatic rings. The molecule has 5 heterocycles. The predicted octanol–water partition coefficient (Wildman–Crippen LogP) is -0.132. The number of carboxylic acid groups (broad SMARTS) is 2. The molecular weight excluding hydrogens is 638 g/mol. The van der Waals surface area contributed by atoms with Crippen LogP contribution < -0.4 is 20.9 Å². The number of nitrogen functional groups attached to an aromatic ring is 1. The summed E-state index contributed by atoms with van der Waals surface area (Å²) in [5.41, 5.74) is 7.10. The van der Waals surface area contributed by atoms with Gasteiger partial charge < -0.3 is 31.4 Å². The van der Waals surface area contributed by atoms with Crippen LogP contribution in [-0.4, -0.2) is 96.2 Å². The average Bonchev–Trinajstić information content (AvgIpc) is 3.56. The number of rotatable bonds is 12. The molecule has 2 amide bonds. The van der Waals surface area contributed by atoms with E-state index in [0.29, 0.717) is 12.1 Å². The Labute approximate surface area is 262 Å². The van der Waals surface area contributed by atoms with Gasteiger partial charge in [0, 0.05) is 23.9 Å². The number of thioether (sulfide) groups is 1. The number of anilines is 1. The van der Waals surface area contributed by atoms with Gasteiger partial charge in [0.2, 0.25) is 6.10 Å². The lowest BCUT2D eigenvalue weighted by Gasteiger charge is -2.49. The Balaban J connectivity index is 1.38. The summed E-state index contributed by atoms with van der Waals surface area (Å²) in [6, 6.07) is 2.67. The molecule has 5 rings (SSSR count). The summed E-state index contributed by atoms with van der Waals surface area (Å²) in [6.07, 6.45) is 2.13. The molecule has 19 heteroatoms. The topological polar surface area (TPSA) is 218 Å². The number of nitrogens with two attached hydrogens (primary N) is 1. The summed E-state index contributed by atoms with van der Waals surface area (Å²) in [7, 11) is 1.85. The van der Waals surface area contributed by atoms with Gasteiger partial charge in [-0.25, -0.2) is 14.6 Å². The molecule has 2 unspecified atom stereocenters. The zero-order chi connectivity index (χ0) is 31.7. The fourth-order valence-corrected chi connectivity index (χ4v) is 6.95. The Kier molecular flexibility index (Phi) is 9.05. The number of hydrogen-bond acceptors (Lipinski definition) is 12. The Morgan fingerprint density at radius 3 is 2.80 bits per heavy atom. The zero-order valence-corrected chi connectivity index (χ0v) is 25.6. The minimum Gasteiger partial charge on any atom is -0.478 e. The minimum absolute atomic E-state index is 0.00239. The number of carboxylic acids is 2. The van der Waals surface area contributed by atoms with Crippen molar-refractivity contribution < 1.29 is 38.8 Å². The number of carbonyl (C=O) groups excluding carboxylic acids is 2.